The average Bonchev–Trinajstić information content (AvgIpc) is 3.20. The maximum Gasteiger partial charge on any atom is 0.230 e. The van der Waals surface area contributed by atoms with Crippen molar-refractivity contribution >= 4 is 17.7 Å². The number of nitrogen functional groups attached to an aromatic ring is 1. The molecule has 0 atom stereocenters. The second kappa shape index (κ2) is 6.43. The van der Waals surface area contributed by atoms with Crippen LogP contribution in [0.15, 0.2) is 21.9 Å². The second-order valence-electron chi connectivity index (χ2n) is 5.40. The fourth-order valence-electron chi connectivity index (χ4n) is 2.65. The molecule has 0 aromatic carbocycles. The van der Waals surface area contributed by atoms with Gasteiger partial charge in [0.15, 0.2) is 5.82 Å². The van der Waals surface area contributed by atoms with E-state index in [2.05, 4.69) is 15.5 Å². The average molecular weight is 321 g/mol. The Bertz CT molecular complexity index is 660. The molecule has 3 rings (SSSR count). The van der Waals surface area contributed by atoms with Crippen molar-refractivity contribution in [3.05, 3.63) is 18.1 Å². The molecule has 7 nitrogen and oxygen atoms in total. The van der Waals surface area contributed by atoms with Crippen molar-refractivity contribution in [2.24, 2.45) is 0 Å². The Hall–Kier alpha value is -1.96. The Morgan fingerprint density at radius 1 is 1.50 bits per heavy atom. The number of rotatable bonds is 5. The number of carbonyl (C=O) groups excluding carboxylic acids is 1. The molecule has 2 aromatic heterocycles. The van der Waals surface area contributed by atoms with Crippen LogP contribution in [0.3, 0.4) is 0 Å². The van der Waals surface area contributed by atoms with E-state index < -0.39 is 0 Å². The van der Waals surface area contributed by atoms with Gasteiger partial charge in [-0.15, -0.1) is 10.2 Å². The lowest BCUT2D eigenvalue weighted by Gasteiger charge is -2.11. The zero-order valence-corrected chi connectivity index (χ0v) is 13.2. The maximum absolute atomic E-state index is 11.9. The van der Waals surface area contributed by atoms with Crippen LogP contribution in [0.25, 0.3) is 11.4 Å². The number of nitrogens with two attached hydrogens (primary N) is 1. The molecule has 2 aromatic rings. The Morgan fingerprint density at radius 3 is 2.95 bits per heavy atom. The predicted octanol–water partition coefficient (Wildman–Crippen LogP) is 1.71. The fraction of sp³-hybridized carbons (Fsp3) is 0.500. The minimum atomic E-state index is 0.0148. The van der Waals surface area contributed by atoms with E-state index in [9.17, 15) is 4.79 Å². The number of carbonyl (C=O) groups is 1. The molecule has 118 valence electrons. The van der Waals surface area contributed by atoms with Crippen molar-refractivity contribution in [1.29, 1.82) is 0 Å². The summed E-state index contributed by atoms with van der Waals surface area (Å²) in [6, 6.07) is 2.12. The summed E-state index contributed by atoms with van der Waals surface area (Å²) in [7, 11) is 0. The Kier molecular flexibility index (Phi) is 4.37. The molecular formula is C14H19N5O2S. The molecule has 1 aliphatic rings. The molecule has 3 N–H and O–H groups in total. The minimum Gasteiger partial charge on any atom is -0.469 e. The number of nitrogens with one attached hydrogen (secondary N) is 1. The Balaban J connectivity index is 1.60. The van der Waals surface area contributed by atoms with Crippen LogP contribution < -0.4 is 11.2 Å². The fourth-order valence-corrected chi connectivity index (χ4v) is 3.31. The number of aryl methyl sites for hydroxylation is 1. The summed E-state index contributed by atoms with van der Waals surface area (Å²) < 4.78 is 6.64. The highest BCUT2D eigenvalue weighted by Crippen LogP contribution is 2.25. The van der Waals surface area contributed by atoms with Gasteiger partial charge in [0.25, 0.3) is 0 Å². The number of hydrogen-bond acceptors (Lipinski definition) is 6. The third-order valence-electron chi connectivity index (χ3n) is 3.82. The smallest absolute Gasteiger partial charge is 0.230 e. The molecule has 0 spiro atoms. The summed E-state index contributed by atoms with van der Waals surface area (Å²) in [5.74, 6) is 7.58. The van der Waals surface area contributed by atoms with Crippen LogP contribution in [-0.4, -0.2) is 32.6 Å². The largest absolute Gasteiger partial charge is 0.469 e. The van der Waals surface area contributed by atoms with Crippen LogP contribution in [0, 0.1) is 6.92 Å². The summed E-state index contributed by atoms with van der Waals surface area (Å²) in [6.45, 7) is 1.84. The van der Waals surface area contributed by atoms with Crippen molar-refractivity contribution < 1.29 is 9.21 Å². The molecule has 0 radical (unpaired) electrons. The van der Waals surface area contributed by atoms with Gasteiger partial charge < -0.3 is 15.6 Å². The van der Waals surface area contributed by atoms with E-state index >= 15 is 0 Å². The van der Waals surface area contributed by atoms with Crippen molar-refractivity contribution in [3.8, 4) is 11.4 Å². The summed E-state index contributed by atoms with van der Waals surface area (Å²) in [6.07, 6.45) is 6.13. The van der Waals surface area contributed by atoms with Gasteiger partial charge >= 0.3 is 0 Å². The van der Waals surface area contributed by atoms with Gasteiger partial charge in [-0.1, -0.05) is 24.6 Å². The zero-order chi connectivity index (χ0) is 15.5. The molecule has 1 saturated carbocycles. The minimum absolute atomic E-state index is 0.0148. The molecule has 0 saturated heterocycles. The lowest BCUT2D eigenvalue weighted by molar-refractivity contribution is -0.119. The molecule has 2 heterocycles. The van der Waals surface area contributed by atoms with Crippen LogP contribution in [-0.2, 0) is 4.79 Å². The van der Waals surface area contributed by atoms with Gasteiger partial charge in [0.2, 0.25) is 11.1 Å². The van der Waals surface area contributed by atoms with Gasteiger partial charge in [-0.25, -0.2) is 4.68 Å². The number of nitrogens with zero attached hydrogens (tertiary/aromatic N) is 3. The van der Waals surface area contributed by atoms with Crippen LogP contribution >= 0.6 is 11.8 Å². The summed E-state index contributed by atoms with van der Waals surface area (Å²) >= 11 is 1.28. The number of thioether (sulfide) groups is 1. The Morgan fingerprint density at radius 2 is 2.27 bits per heavy atom. The van der Waals surface area contributed by atoms with E-state index in [0.717, 1.165) is 24.2 Å². The number of aromatic nitrogens is 3. The highest BCUT2D eigenvalue weighted by atomic mass is 32.2. The highest BCUT2D eigenvalue weighted by Gasteiger charge is 2.19. The van der Waals surface area contributed by atoms with E-state index in [4.69, 9.17) is 10.3 Å². The predicted molar refractivity (Wildman–Crippen MR) is 83.7 cm³/mol. The molecule has 0 unspecified atom stereocenters. The summed E-state index contributed by atoms with van der Waals surface area (Å²) in [5.41, 5.74) is 0.803. The normalized spacial score (nSPS) is 15.3. The molecular weight excluding hydrogens is 302 g/mol. The van der Waals surface area contributed by atoms with E-state index in [1.54, 1.807) is 12.3 Å². The quantitative estimate of drug-likeness (QED) is 0.642. The van der Waals surface area contributed by atoms with Gasteiger partial charge in [-0.3, -0.25) is 4.79 Å². The van der Waals surface area contributed by atoms with Gasteiger partial charge in [0, 0.05) is 6.04 Å². The standard InChI is InChI=1S/C14H19N5O2S/c1-9-11(6-7-21-9)13-17-18-14(19(13)15)22-8-12(20)16-10-4-2-3-5-10/h6-7,10H,2-5,8,15H2,1H3,(H,16,20). The number of furan rings is 1. The molecule has 22 heavy (non-hydrogen) atoms. The first kappa shape index (κ1) is 15.0. The molecule has 8 heteroatoms. The van der Waals surface area contributed by atoms with E-state index in [1.807, 2.05) is 6.92 Å². The zero-order valence-electron chi connectivity index (χ0n) is 12.4. The lowest BCUT2D eigenvalue weighted by atomic mass is 10.2. The number of amides is 1. The Labute approximate surface area is 132 Å². The third kappa shape index (κ3) is 3.11. The van der Waals surface area contributed by atoms with E-state index in [0.29, 0.717) is 17.0 Å². The lowest BCUT2D eigenvalue weighted by Crippen LogP contribution is -2.34. The first-order valence-corrected chi connectivity index (χ1v) is 8.31. The van der Waals surface area contributed by atoms with Crippen LogP contribution in [0.4, 0.5) is 0 Å². The van der Waals surface area contributed by atoms with Gasteiger partial charge in [-0.2, -0.15) is 0 Å². The monoisotopic (exact) mass is 321 g/mol. The van der Waals surface area contributed by atoms with Crippen LogP contribution in [0.1, 0.15) is 31.4 Å². The van der Waals surface area contributed by atoms with Crippen molar-refractivity contribution in [2.75, 3.05) is 11.6 Å². The topological polar surface area (TPSA) is 99.0 Å². The summed E-state index contributed by atoms with van der Waals surface area (Å²) in [4.78, 5) is 11.9. The first-order valence-electron chi connectivity index (χ1n) is 7.32. The molecule has 0 bridgehead atoms. The van der Waals surface area contributed by atoms with Crippen molar-refractivity contribution in [2.45, 2.75) is 43.8 Å². The maximum atomic E-state index is 11.9. The van der Waals surface area contributed by atoms with Crippen molar-refractivity contribution in [1.82, 2.24) is 20.2 Å². The van der Waals surface area contributed by atoms with E-state index in [1.165, 1.54) is 29.3 Å². The van der Waals surface area contributed by atoms with Gasteiger partial charge in [0.05, 0.1) is 17.6 Å². The van der Waals surface area contributed by atoms with Crippen LogP contribution in [0.2, 0.25) is 0 Å². The molecule has 0 aliphatic heterocycles. The molecule has 1 fully saturated rings. The van der Waals surface area contributed by atoms with Crippen LogP contribution in [0.5, 0.6) is 0 Å². The highest BCUT2D eigenvalue weighted by molar-refractivity contribution is 7.99. The molecule has 1 aliphatic carbocycles. The van der Waals surface area contributed by atoms with Crippen molar-refractivity contribution in [3.63, 3.8) is 0 Å². The summed E-state index contributed by atoms with van der Waals surface area (Å²) in [5, 5.41) is 11.7. The second-order valence-corrected chi connectivity index (χ2v) is 6.35. The SMILES string of the molecule is Cc1occc1-c1nnc(SCC(=O)NC2CCCC2)n1N. The van der Waals surface area contributed by atoms with Gasteiger partial charge in [0.1, 0.15) is 5.76 Å². The number of hydrogen-bond donors (Lipinski definition) is 2. The first-order chi connectivity index (χ1) is 10.6. The molecule has 1 amide bonds. The van der Waals surface area contributed by atoms with Gasteiger partial charge in [-0.05, 0) is 25.8 Å². The van der Waals surface area contributed by atoms with E-state index in [-0.39, 0.29) is 11.7 Å². The third-order valence-corrected chi connectivity index (χ3v) is 4.76.